The van der Waals surface area contributed by atoms with Crippen molar-refractivity contribution in [1.82, 2.24) is 9.80 Å². The summed E-state index contributed by atoms with van der Waals surface area (Å²) in [7, 11) is 0. The van der Waals surface area contributed by atoms with Gasteiger partial charge in [-0.15, -0.1) is 0 Å². The van der Waals surface area contributed by atoms with Gasteiger partial charge in [-0.1, -0.05) is 23.7 Å². The van der Waals surface area contributed by atoms with Gasteiger partial charge in [0.1, 0.15) is 0 Å². The summed E-state index contributed by atoms with van der Waals surface area (Å²) in [5.74, 6) is 0.604. The molecule has 6 heteroatoms. The van der Waals surface area contributed by atoms with Gasteiger partial charge in [-0.05, 0) is 23.6 Å². The lowest BCUT2D eigenvalue weighted by Gasteiger charge is -2.30. The molecule has 0 bridgehead atoms. The van der Waals surface area contributed by atoms with Crippen LogP contribution in [0.5, 0.6) is 0 Å². The molecule has 2 atom stereocenters. The third-order valence-electron chi connectivity index (χ3n) is 5.00. The molecule has 2 fully saturated rings. The molecule has 0 unspecified atom stereocenters. The Hall–Kier alpha value is -1.14. The molecule has 1 aromatic rings. The highest BCUT2D eigenvalue weighted by atomic mass is 35.5. The molecule has 2 saturated heterocycles. The predicted molar refractivity (Wildman–Crippen MR) is 93.1 cm³/mol. The van der Waals surface area contributed by atoms with Gasteiger partial charge in [0.25, 0.3) is 0 Å². The van der Waals surface area contributed by atoms with E-state index in [0.29, 0.717) is 23.9 Å². The summed E-state index contributed by atoms with van der Waals surface area (Å²) in [5.41, 5.74) is 0.935. The van der Waals surface area contributed by atoms with Gasteiger partial charge >= 0.3 is 0 Å². The molecule has 24 heavy (non-hydrogen) atoms. The highest BCUT2D eigenvalue weighted by molar-refractivity contribution is 6.30. The van der Waals surface area contributed by atoms with E-state index in [0.717, 1.165) is 45.0 Å². The average molecular weight is 353 g/mol. The Balaban J connectivity index is 1.57. The normalized spacial score (nSPS) is 25.2. The van der Waals surface area contributed by atoms with Crippen LogP contribution in [-0.2, 0) is 16.0 Å². The van der Waals surface area contributed by atoms with Crippen LogP contribution in [0.3, 0.4) is 0 Å². The zero-order valence-corrected chi connectivity index (χ0v) is 14.6. The zero-order valence-electron chi connectivity index (χ0n) is 13.9. The molecule has 2 aliphatic rings. The van der Waals surface area contributed by atoms with Gasteiger partial charge in [-0.2, -0.15) is 0 Å². The van der Waals surface area contributed by atoms with Gasteiger partial charge in [-0.3, -0.25) is 9.69 Å². The fraction of sp³-hybridized carbons (Fsp3) is 0.611. The third-order valence-corrected chi connectivity index (χ3v) is 5.24. The van der Waals surface area contributed by atoms with Crippen molar-refractivity contribution in [2.24, 2.45) is 11.8 Å². The van der Waals surface area contributed by atoms with E-state index in [1.54, 1.807) is 0 Å². The minimum atomic E-state index is 0.111. The van der Waals surface area contributed by atoms with Crippen LogP contribution in [-0.4, -0.2) is 73.4 Å². The summed E-state index contributed by atoms with van der Waals surface area (Å²) < 4.78 is 5.39. The Morgan fingerprint density at radius 3 is 2.71 bits per heavy atom. The first-order valence-electron chi connectivity index (χ1n) is 8.59. The number of carbonyl (C=O) groups is 1. The van der Waals surface area contributed by atoms with Crippen molar-refractivity contribution in [2.45, 2.75) is 6.42 Å². The number of carbonyl (C=O) groups excluding carboxylic acids is 1. The smallest absolute Gasteiger partial charge is 0.227 e. The minimum absolute atomic E-state index is 0.111. The summed E-state index contributed by atoms with van der Waals surface area (Å²) in [4.78, 5) is 16.9. The molecule has 1 N–H and O–H groups in total. The number of ether oxygens (including phenoxy) is 1. The first-order valence-corrected chi connectivity index (χ1v) is 8.96. The third kappa shape index (κ3) is 4.48. The standard InChI is InChI=1S/C18H25ClN2O3/c19-17-3-1-2-14(8-17)9-18(23)21-11-15(16(12-21)13-22)10-20-4-6-24-7-5-20/h1-3,8,15-16,22H,4-7,9-13H2/t15-,16-/m1/s1. The molecule has 1 amide bonds. The Morgan fingerprint density at radius 2 is 2.00 bits per heavy atom. The molecule has 0 spiro atoms. The number of benzene rings is 1. The maximum Gasteiger partial charge on any atom is 0.227 e. The van der Waals surface area contributed by atoms with Gasteiger partial charge in [0.15, 0.2) is 0 Å². The first kappa shape index (κ1) is 17.7. The van der Waals surface area contributed by atoms with Crippen LogP contribution in [0, 0.1) is 11.8 Å². The van der Waals surface area contributed by atoms with E-state index in [9.17, 15) is 9.90 Å². The van der Waals surface area contributed by atoms with Crippen LogP contribution in [0.15, 0.2) is 24.3 Å². The number of hydrogen-bond donors (Lipinski definition) is 1. The number of hydrogen-bond acceptors (Lipinski definition) is 4. The molecule has 2 heterocycles. The topological polar surface area (TPSA) is 53.0 Å². The van der Waals surface area contributed by atoms with E-state index in [1.807, 2.05) is 29.2 Å². The molecule has 132 valence electrons. The number of amides is 1. The number of morpholine rings is 1. The summed E-state index contributed by atoms with van der Waals surface area (Å²) in [5, 5.41) is 10.3. The molecular formula is C18H25ClN2O3. The Kier molecular flexibility index (Phi) is 6.11. The Morgan fingerprint density at radius 1 is 1.25 bits per heavy atom. The number of nitrogens with zero attached hydrogens (tertiary/aromatic N) is 2. The molecule has 5 nitrogen and oxygen atoms in total. The van der Waals surface area contributed by atoms with Gasteiger partial charge in [0, 0.05) is 50.3 Å². The molecule has 0 aromatic heterocycles. The molecule has 0 aliphatic carbocycles. The second kappa shape index (κ2) is 8.30. The second-order valence-electron chi connectivity index (χ2n) is 6.72. The molecule has 0 radical (unpaired) electrons. The van der Waals surface area contributed by atoms with Crippen LogP contribution >= 0.6 is 11.6 Å². The number of rotatable bonds is 5. The fourth-order valence-corrected chi connectivity index (χ4v) is 3.82. The van der Waals surface area contributed by atoms with E-state index < -0.39 is 0 Å². The van der Waals surface area contributed by atoms with Crippen molar-refractivity contribution in [2.75, 3.05) is 52.5 Å². The van der Waals surface area contributed by atoms with Crippen molar-refractivity contribution >= 4 is 17.5 Å². The van der Waals surface area contributed by atoms with Crippen molar-refractivity contribution < 1.29 is 14.6 Å². The molecule has 1 aromatic carbocycles. The van der Waals surface area contributed by atoms with Gasteiger partial charge in [0.2, 0.25) is 5.91 Å². The van der Waals surface area contributed by atoms with Gasteiger partial charge in [0.05, 0.1) is 19.6 Å². The van der Waals surface area contributed by atoms with Crippen LogP contribution in [0.2, 0.25) is 5.02 Å². The van der Waals surface area contributed by atoms with Crippen molar-refractivity contribution in [3.63, 3.8) is 0 Å². The summed E-state index contributed by atoms with van der Waals surface area (Å²) in [6.45, 7) is 5.84. The maximum absolute atomic E-state index is 12.6. The zero-order chi connectivity index (χ0) is 16.9. The summed E-state index contributed by atoms with van der Waals surface area (Å²) >= 11 is 5.99. The van der Waals surface area contributed by atoms with Crippen molar-refractivity contribution in [1.29, 1.82) is 0 Å². The highest BCUT2D eigenvalue weighted by Crippen LogP contribution is 2.25. The van der Waals surface area contributed by atoms with Crippen molar-refractivity contribution in [3.05, 3.63) is 34.9 Å². The maximum atomic E-state index is 12.6. The quantitative estimate of drug-likeness (QED) is 0.867. The minimum Gasteiger partial charge on any atom is -0.396 e. The monoisotopic (exact) mass is 352 g/mol. The van der Waals surface area contributed by atoms with E-state index >= 15 is 0 Å². The van der Waals surface area contributed by atoms with Crippen LogP contribution < -0.4 is 0 Å². The van der Waals surface area contributed by atoms with Crippen LogP contribution in [0.4, 0.5) is 0 Å². The number of likely N-dealkylation sites (tertiary alicyclic amines) is 1. The van der Waals surface area contributed by atoms with E-state index in [2.05, 4.69) is 4.90 Å². The molecule has 3 rings (SSSR count). The lowest BCUT2D eigenvalue weighted by molar-refractivity contribution is -0.129. The van der Waals surface area contributed by atoms with E-state index in [4.69, 9.17) is 16.3 Å². The second-order valence-corrected chi connectivity index (χ2v) is 7.16. The lowest BCUT2D eigenvalue weighted by Crippen LogP contribution is -2.41. The summed E-state index contributed by atoms with van der Waals surface area (Å²) in [6, 6.07) is 7.44. The highest BCUT2D eigenvalue weighted by Gasteiger charge is 2.35. The number of halogens is 1. The van der Waals surface area contributed by atoms with Gasteiger partial charge in [-0.25, -0.2) is 0 Å². The fourth-order valence-electron chi connectivity index (χ4n) is 3.60. The lowest BCUT2D eigenvalue weighted by atomic mass is 9.96. The Labute approximate surface area is 148 Å². The molecule has 0 saturated carbocycles. The molecular weight excluding hydrogens is 328 g/mol. The molecule has 2 aliphatic heterocycles. The summed E-state index contributed by atoms with van der Waals surface area (Å²) in [6.07, 6.45) is 0.364. The van der Waals surface area contributed by atoms with Crippen LogP contribution in [0.25, 0.3) is 0 Å². The predicted octanol–water partition coefficient (Wildman–Crippen LogP) is 1.28. The average Bonchev–Trinajstić information content (AvgIpc) is 2.99. The number of aliphatic hydroxyl groups is 1. The largest absolute Gasteiger partial charge is 0.396 e. The van der Waals surface area contributed by atoms with Crippen LogP contribution in [0.1, 0.15) is 5.56 Å². The van der Waals surface area contributed by atoms with E-state index in [1.165, 1.54) is 0 Å². The van der Waals surface area contributed by atoms with E-state index in [-0.39, 0.29) is 18.4 Å². The van der Waals surface area contributed by atoms with Crippen molar-refractivity contribution in [3.8, 4) is 0 Å². The van der Waals surface area contributed by atoms with Gasteiger partial charge < -0.3 is 14.7 Å². The SMILES string of the molecule is O=C(Cc1cccc(Cl)c1)N1C[C@@H](CN2CCOCC2)[C@@H](CO)C1. The first-order chi connectivity index (χ1) is 11.7. The Bertz CT molecular complexity index is 563. The number of aliphatic hydroxyl groups excluding tert-OH is 1.